The number of imidazole rings is 1. The number of hydrogen-bond donors (Lipinski definition) is 1. The molecule has 0 fully saturated rings. The monoisotopic (exact) mass is 257 g/mol. The third-order valence-corrected chi connectivity index (χ3v) is 2.96. The zero-order valence-electron chi connectivity index (χ0n) is 11.0. The summed E-state index contributed by atoms with van der Waals surface area (Å²) in [5.74, 6) is 0.120. The Morgan fingerprint density at radius 3 is 2.84 bits per heavy atom. The van der Waals surface area contributed by atoms with E-state index in [9.17, 15) is 4.79 Å². The lowest BCUT2D eigenvalue weighted by atomic mass is 10.1. The fourth-order valence-electron chi connectivity index (χ4n) is 1.90. The lowest BCUT2D eigenvalue weighted by molar-refractivity contribution is -0.121. The highest BCUT2D eigenvalue weighted by molar-refractivity contribution is 5.76. The summed E-state index contributed by atoms with van der Waals surface area (Å²) in [6.07, 6.45) is 7.75. The maximum Gasteiger partial charge on any atom is 0.220 e. The molecule has 1 amide bonds. The lowest BCUT2D eigenvalue weighted by Crippen LogP contribution is -2.25. The van der Waals surface area contributed by atoms with Crippen LogP contribution in [0.25, 0.3) is 0 Å². The van der Waals surface area contributed by atoms with Gasteiger partial charge in [-0.25, -0.2) is 4.98 Å². The van der Waals surface area contributed by atoms with Crippen LogP contribution in [-0.4, -0.2) is 22.0 Å². The predicted molar refractivity (Wildman–Crippen MR) is 74.6 cm³/mol. The highest BCUT2D eigenvalue weighted by Crippen LogP contribution is 2.02. The molecule has 0 atom stereocenters. The van der Waals surface area contributed by atoms with Crippen molar-refractivity contribution in [3.8, 4) is 0 Å². The molecule has 0 unspecified atom stereocenters. The second kappa shape index (κ2) is 7.36. The highest BCUT2D eigenvalue weighted by Gasteiger charge is 2.01. The molecule has 1 aromatic heterocycles. The van der Waals surface area contributed by atoms with E-state index in [2.05, 4.69) is 10.3 Å². The molecule has 4 nitrogen and oxygen atoms in total. The number of rotatable bonds is 7. The first-order chi connectivity index (χ1) is 9.34. The first kappa shape index (κ1) is 13.3. The second-order valence-corrected chi connectivity index (χ2v) is 4.49. The second-order valence-electron chi connectivity index (χ2n) is 4.49. The van der Waals surface area contributed by atoms with Gasteiger partial charge in [0.15, 0.2) is 0 Å². The molecule has 0 spiro atoms. The smallest absolute Gasteiger partial charge is 0.220 e. The standard InChI is InChI=1S/C15H19N3O/c19-15(8-7-14-5-2-1-3-6-14)17-9-4-11-18-12-10-16-13-18/h1-3,5-6,10,12-13H,4,7-9,11H2,(H,17,19). The van der Waals surface area contributed by atoms with Gasteiger partial charge in [-0.15, -0.1) is 0 Å². The number of aryl methyl sites for hydroxylation is 2. The van der Waals surface area contributed by atoms with E-state index in [4.69, 9.17) is 0 Å². The van der Waals surface area contributed by atoms with Crippen LogP contribution in [0.15, 0.2) is 49.1 Å². The van der Waals surface area contributed by atoms with E-state index in [0.29, 0.717) is 13.0 Å². The molecule has 1 heterocycles. The van der Waals surface area contributed by atoms with Crippen molar-refractivity contribution in [2.24, 2.45) is 0 Å². The van der Waals surface area contributed by atoms with Crippen LogP contribution >= 0.6 is 0 Å². The van der Waals surface area contributed by atoms with Crippen molar-refractivity contribution >= 4 is 5.91 Å². The predicted octanol–water partition coefficient (Wildman–Crippen LogP) is 2.02. The number of nitrogens with zero attached hydrogens (tertiary/aromatic N) is 2. The van der Waals surface area contributed by atoms with Gasteiger partial charge in [0.25, 0.3) is 0 Å². The Balaban J connectivity index is 1.57. The molecule has 100 valence electrons. The Kier molecular flexibility index (Phi) is 5.17. The maximum atomic E-state index is 11.6. The normalized spacial score (nSPS) is 10.3. The van der Waals surface area contributed by atoms with E-state index in [1.54, 1.807) is 12.5 Å². The van der Waals surface area contributed by atoms with Crippen molar-refractivity contribution in [1.82, 2.24) is 14.9 Å². The average molecular weight is 257 g/mol. The molecule has 1 N–H and O–H groups in total. The van der Waals surface area contributed by atoms with Gasteiger partial charge in [-0.05, 0) is 18.4 Å². The molecule has 0 saturated heterocycles. The zero-order valence-corrected chi connectivity index (χ0v) is 11.0. The first-order valence-electron chi connectivity index (χ1n) is 6.61. The SMILES string of the molecule is O=C(CCc1ccccc1)NCCCn1ccnc1. The van der Waals surface area contributed by atoms with Crippen molar-refractivity contribution in [2.45, 2.75) is 25.8 Å². The maximum absolute atomic E-state index is 11.6. The van der Waals surface area contributed by atoms with Gasteiger partial charge in [-0.2, -0.15) is 0 Å². The number of benzene rings is 1. The third-order valence-electron chi connectivity index (χ3n) is 2.96. The van der Waals surface area contributed by atoms with Crippen LogP contribution in [0.2, 0.25) is 0 Å². The Morgan fingerprint density at radius 2 is 2.11 bits per heavy atom. The van der Waals surface area contributed by atoms with Gasteiger partial charge in [-0.3, -0.25) is 4.79 Å². The Morgan fingerprint density at radius 1 is 1.26 bits per heavy atom. The fraction of sp³-hybridized carbons (Fsp3) is 0.333. The summed E-state index contributed by atoms with van der Waals surface area (Å²) in [4.78, 5) is 15.6. The van der Waals surface area contributed by atoms with Crippen LogP contribution in [0, 0.1) is 0 Å². The van der Waals surface area contributed by atoms with Gasteiger partial charge in [-0.1, -0.05) is 30.3 Å². The molecular formula is C15H19N3O. The Labute approximate surface area is 113 Å². The summed E-state index contributed by atoms with van der Waals surface area (Å²) in [7, 11) is 0. The molecule has 0 aliphatic heterocycles. The highest BCUT2D eigenvalue weighted by atomic mass is 16.1. The van der Waals surface area contributed by atoms with Crippen molar-refractivity contribution in [2.75, 3.05) is 6.54 Å². The van der Waals surface area contributed by atoms with E-state index in [1.807, 2.05) is 41.1 Å². The number of nitrogens with one attached hydrogen (secondary N) is 1. The van der Waals surface area contributed by atoms with E-state index in [-0.39, 0.29) is 5.91 Å². The van der Waals surface area contributed by atoms with Gasteiger partial charge in [0.05, 0.1) is 6.33 Å². The minimum absolute atomic E-state index is 0.120. The number of amides is 1. The molecule has 2 rings (SSSR count). The summed E-state index contributed by atoms with van der Waals surface area (Å²) < 4.78 is 2.01. The molecule has 2 aromatic rings. The number of carbonyl (C=O) groups excluding carboxylic acids is 1. The van der Waals surface area contributed by atoms with Crippen LogP contribution < -0.4 is 5.32 Å². The minimum atomic E-state index is 0.120. The summed E-state index contributed by atoms with van der Waals surface area (Å²) in [5, 5.41) is 2.94. The van der Waals surface area contributed by atoms with Crippen LogP contribution in [0.4, 0.5) is 0 Å². The molecule has 0 radical (unpaired) electrons. The van der Waals surface area contributed by atoms with Crippen LogP contribution in [0.5, 0.6) is 0 Å². The molecule has 0 aliphatic rings. The van der Waals surface area contributed by atoms with Crippen molar-refractivity contribution in [3.05, 3.63) is 54.6 Å². The summed E-state index contributed by atoms with van der Waals surface area (Å²) in [6, 6.07) is 10.1. The molecule has 4 heteroatoms. The fourth-order valence-corrected chi connectivity index (χ4v) is 1.90. The van der Waals surface area contributed by atoms with Gasteiger partial charge in [0, 0.05) is 31.9 Å². The van der Waals surface area contributed by atoms with Crippen LogP contribution in [0.1, 0.15) is 18.4 Å². The Bertz CT molecular complexity index is 479. The minimum Gasteiger partial charge on any atom is -0.356 e. The molecule has 0 bridgehead atoms. The number of carbonyl (C=O) groups is 1. The summed E-state index contributed by atoms with van der Waals surface area (Å²) >= 11 is 0. The number of aromatic nitrogens is 2. The van der Waals surface area contributed by atoms with Crippen molar-refractivity contribution < 1.29 is 4.79 Å². The molecule has 19 heavy (non-hydrogen) atoms. The van der Waals surface area contributed by atoms with E-state index in [0.717, 1.165) is 19.4 Å². The molecular weight excluding hydrogens is 238 g/mol. The summed E-state index contributed by atoms with van der Waals surface area (Å²) in [6.45, 7) is 1.60. The molecule has 0 aliphatic carbocycles. The average Bonchev–Trinajstić information content (AvgIpc) is 2.96. The number of hydrogen-bond acceptors (Lipinski definition) is 2. The van der Waals surface area contributed by atoms with Gasteiger partial charge < -0.3 is 9.88 Å². The van der Waals surface area contributed by atoms with Crippen LogP contribution in [-0.2, 0) is 17.8 Å². The van der Waals surface area contributed by atoms with E-state index < -0.39 is 0 Å². The van der Waals surface area contributed by atoms with Crippen LogP contribution in [0.3, 0.4) is 0 Å². The van der Waals surface area contributed by atoms with Gasteiger partial charge in [0.2, 0.25) is 5.91 Å². The van der Waals surface area contributed by atoms with Crippen molar-refractivity contribution in [1.29, 1.82) is 0 Å². The van der Waals surface area contributed by atoms with Crippen molar-refractivity contribution in [3.63, 3.8) is 0 Å². The Hall–Kier alpha value is -2.10. The summed E-state index contributed by atoms with van der Waals surface area (Å²) in [5.41, 5.74) is 1.20. The quantitative estimate of drug-likeness (QED) is 0.771. The topological polar surface area (TPSA) is 46.9 Å². The van der Waals surface area contributed by atoms with Gasteiger partial charge >= 0.3 is 0 Å². The largest absolute Gasteiger partial charge is 0.356 e. The van der Waals surface area contributed by atoms with E-state index in [1.165, 1.54) is 5.56 Å². The van der Waals surface area contributed by atoms with E-state index >= 15 is 0 Å². The lowest BCUT2D eigenvalue weighted by Gasteiger charge is -2.06. The first-order valence-corrected chi connectivity index (χ1v) is 6.61. The molecule has 1 aromatic carbocycles. The third kappa shape index (κ3) is 4.95. The molecule has 0 saturated carbocycles. The zero-order chi connectivity index (χ0) is 13.3. The van der Waals surface area contributed by atoms with Gasteiger partial charge in [0.1, 0.15) is 0 Å².